The summed E-state index contributed by atoms with van der Waals surface area (Å²) in [6.45, 7) is 0. The van der Waals surface area contributed by atoms with E-state index in [9.17, 15) is 5.11 Å². The molecule has 1 fully saturated rings. The molecule has 88 valence electrons. The van der Waals surface area contributed by atoms with E-state index in [1.165, 1.54) is 5.75 Å². The van der Waals surface area contributed by atoms with Crippen LogP contribution in [0.25, 0.3) is 0 Å². The molecule has 0 bridgehead atoms. The summed E-state index contributed by atoms with van der Waals surface area (Å²) in [7, 11) is 0. The summed E-state index contributed by atoms with van der Waals surface area (Å²) in [5, 5.41) is 10.5. The molecule has 1 aromatic heterocycles. The second-order valence-corrected chi connectivity index (χ2v) is 6.33. The molecular weight excluding hydrogens is 240 g/mol. The number of rotatable bonds is 3. The smallest absolute Gasteiger partial charge is 0.0708 e. The minimum Gasteiger partial charge on any atom is -0.398 e. The van der Waals surface area contributed by atoms with Crippen LogP contribution in [0.15, 0.2) is 18.5 Å². The monoisotopic (exact) mass is 256 g/mol. The average Bonchev–Trinajstić information content (AvgIpc) is 2.33. The van der Waals surface area contributed by atoms with E-state index in [-0.39, 0.29) is 6.10 Å². The van der Waals surface area contributed by atoms with Crippen LogP contribution in [0.3, 0.4) is 0 Å². The number of nitrogen functional groups attached to an aromatic ring is 1. The third kappa shape index (κ3) is 3.06. The summed E-state index contributed by atoms with van der Waals surface area (Å²) in [5.74, 6) is 3.36. The Balaban J connectivity index is 1.96. The number of hydrogen-bond acceptors (Lipinski definition) is 5. The van der Waals surface area contributed by atoms with Gasteiger partial charge in [-0.05, 0) is 11.6 Å². The number of anilines is 1. The maximum Gasteiger partial charge on any atom is 0.0708 e. The minimum absolute atomic E-state index is 0.315. The molecule has 2 unspecified atom stereocenters. The van der Waals surface area contributed by atoms with Crippen molar-refractivity contribution >= 4 is 29.2 Å². The number of hydrogen-bond donors (Lipinski definition) is 2. The molecule has 1 aromatic rings. The van der Waals surface area contributed by atoms with E-state index in [0.29, 0.717) is 11.7 Å². The molecular formula is C11H16N2OS2. The first-order valence-electron chi connectivity index (χ1n) is 5.33. The fourth-order valence-corrected chi connectivity index (χ4v) is 4.47. The van der Waals surface area contributed by atoms with Gasteiger partial charge >= 0.3 is 0 Å². The van der Waals surface area contributed by atoms with Crippen molar-refractivity contribution in [1.82, 2.24) is 4.98 Å². The summed E-state index contributed by atoms with van der Waals surface area (Å²) in [5.41, 5.74) is 7.51. The molecule has 16 heavy (non-hydrogen) atoms. The van der Waals surface area contributed by atoms with Gasteiger partial charge in [-0.3, -0.25) is 4.98 Å². The van der Waals surface area contributed by atoms with E-state index < -0.39 is 0 Å². The Bertz CT molecular complexity index is 343. The van der Waals surface area contributed by atoms with Gasteiger partial charge in [-0.15, -0.1) is 0 Å². The van der Waals surface area contributed by atoms with Gasteiger partial charge < -0.3 is 10.8 Å². The molecule has 0 amide bonds. The van der Waals surface area contributed by atoms with E-state index in [4.69, 9.17) is 5.73 Å². The van der Waals surface area contributed by atoms with Crippen LogP contribution in [0, 0.1) is 0 Å². The van der Waals surface area contributed by atoms with E-state index >= 15 is 0 Å². The molecule has 2 atom stereocenters. The summed E-state index contributed by atoms with van der Waals surface area (Å²) >= 11 is 3.78. The van der Waals surface area contributed by atoms with Crippen molar-refractivity contribution in [2.75, 3.05) is 23.0 Å². The number of pyridine rings is 1. The van der Waals surface area contributed by atoms with Gasteiger partial charge in [0.05, 0.1) is 6.10 Å². The van der Waals surface area contributed by atoms with Crippen LogP contribution in [0.4, 0.5) is 5.69 Å². The molecule has 2 rings (SSSR count). The van der Waals surface area contributed by atoms with Crippen molar-refractivity contribution in [1.29, 1.82) is 0 Å². The Morgan fingerprint density at radius 1 is 1.56 bits per heavy atom. The molecule has 1 saturated heterocycles. The first-order chi connectivity index (χ1) is 7.77. The molecule has 0 aromatic carbocycles. The first kappa shape index (κ1) is 12.1. The molecule has 0 saturated carbocycles. The van der Waals surface area contributed by atoms with Crippen molar-refractivity contribution in [3.63, 3.8) is 0 Å². The molecule has 5 heteroatoms. The summed E-state index contributed by atoms with van der Waals surface area (Å²) in [4.78, 5) is 4.04. The first-order valence-corrected chi connectivity index (χ1v) is 7.53. The van der Waals surface area contributed by atoms with Crippen molar-refractivity contribution in [3.8, 4) is 0 Å². The second-order valence-electron chi connectivity index (χ2n) is 3.83. The quantitative estimate of drug-likeness (QED) is 0.856. The standard InChI is InChI=1S/C11H16N2OS2/c12-9-1-2-13-6-8(9)5-10(14)11-7-15-3-4-16-11/h1-2,6,10-11,14H,3-5,7H2,(H2,12,13). The van der Waals surface area contributed by atoms with Crippen LogP contribution in [0.5, 0.6) is 0 Å². The lowest BCUT2D eigenvalue weighted by Crippen LogP contribution is -2.30. The highest BCUT2D eigenvalue weighted by molar-refractivity contribution is 8.06. The maximum absolute atomic E-state index is 10.1. The Hall–Kier alpha value is -0.390. The highest BCUT2D eigenvalue weighted by Crippen LogP contribution is 2.28. The predicted octanol–water partition coefficient (Wildman–Crippen LogP) is 1.42. The average molecular weight is 256 g/mol. The van der Waals surface area contributed by atoms with Gasteiger partial charge in [0, 0.05) is 47.0 Å². The largest absolute Gasteiger partial charge is 0.398 e. The van der Waals surface area contributed by atoms with Gasteiger partial charge in [-0.25, -0.2) is 0 Å². The zero-order valence-electron chi connectivity index (χ0n) is 9.00. The zero-order valence-corrected chi connectivity index (χ0v) is 10.6. The van der Waals surface area contributed by atoms with Crippen molar-refractivity contribution in [2.24, 2.45) is 0 Å². The summed E-state index contributed by atoms with van der Waals surface area (Å²) in [6, 6.07) is 1.78. The molecule has 0 radical (unpaired) electrons. The van der Waals surface area contributed by atoms with Crippen LogP contribution >= 0.6 is 23.5 Å². The number of aliphatic hydroxyl groups excluding tert-OH is 1. The van der Waals surface area contributed by atoms with E-state index in [1.807, 2.05) is 23.5 Å². The molecule has 3 nitrogen and oxygen atoms in total. The number of aromatic nitrogens is 1. The van der Waals surface area contributed by atoms with Crippen LogP contribution in [-0.4, -0.2) is 38.7 Å². The third-order valence-corrected chi connectivity index (χ3v) is 5.55. The normalized spacial score (nSPS) is 22.9. The van der Waals surface area contributed by atoms with Crippen LogP contribution in [0.2, 0.25) is 0 Å². The molecule has 1 aliphatic rings. The van der Waals surface area contributed by atoms with E-state index in [0.717, 1.165) is 22.8 Å². The van der Waals surface area contributed by atoms with Crippen molar-refractivity contribution in [2.45, 2.75) is 17.8 Å². The molecule has 2 heterocycles. The lowest BCUT2D eigenvalue weighted by molar-refractivity contribution is 0.177. The summed E-state index contributed by atoms with van der Waals surface area (Å²) < 4.78 is 0. The van der Waals surface area contributed by atoms with Gasteiger partial charge in [0.15, 0.2) is 0 Å². The highest BCUT2D eigenvalue weighted by Gasteiger charge is 2.23. The van der Waals surface area contributed by atoms with Gasteiger partial charge in [0.2, 0.25) is 0 Å². The van der Waals surface area contributed by atoms with Crippen LogP contribution < -0.4 is 5.73 Å². The molecule has 3 N–H and O–H groups in total. The second kappa shape index (κ2) is 5.80. The molecule has 0 spiro atoms. The number of thioether (sulfide) groups is 2. The lowest BCUT2D eigenvalue weighted by Gasteiger charge is -2.26. The Morgan fingerprint density at radius 3 is 3.12 bits per heavy atom. The van der Waals surface area contributed by atoms with Crippen LogP contribution in [0.1, 0.15) is 5.56 Å². The van der Waals surface area contributed by atoms with Gasteiger partial charge in [0.1, 0.15) is 0 Å². The number of nitrogens with two attached hydrogens (primary N) is 1. The third-order valence-electron chi connectivity index (χ3n) is 2.64. The Kier molecular flexibility index (Phi) is 4.37. The lowest BCUT2D eigenvalue weighted by atomic mass is 10.1. The van der Waals surface area contributed by atoms with Crippen molar-refractivity contribution in [3.05, 3.63) is 24.0 Å². The number of nitrogens with zero attached hydrogens (tertiary/aromatic N) is 1. The fraction of sp³-hybridized carbons (Fsp3) is 0.545. The maximum atomic E-state index is 10.1. The minimum atomic E-state index is -0.315. The van der Waals surface area contributed by atoms with Gasteiger partial charge in [0.25, 0.3) is 0 Å². The summed E-state index contributed by atoms with van der Waals surface area (Å²) in [6.07, 6.45) is 3.72. The zero-order chi connectivity index (χ0) is 11.4. The SMILES string of the molecule is Nc1ccncc1CC(O)C1CSCCS1. The molecule has 0 aliphatic carbocycles. The highest BCUT2D eigenvalue weighted by atomic mass is 32.2. The Morgan fingerprint density at radius 2 is 2.44 bits per heavy atom. The number of aliphatic hydroxyl groups is 1. The fourth-order valence-electron chi connectivity index (χ4n) is 1.69. The van der Waals surface area contributed by atoms with Gasteiger partial charge in [-0.2, -0.15) is 23.5 Å². The van der Waals surface area contributed by atoms with E-state index in [1.54, 1.807) is 18.5 Å². The van der Waals surface area contributed by atoms with Crippen molar-refractivity contribution < 1.29 is 5.11 Å². The topological polar surface area (TPSA) is 59.1 Å². The van der Waals surface area contributed by atoms with Crippen LogP contribution in [-0.2, 0) is 6.42 Å². The molecule has 1 aliphatic heterocycles. The predicted molar refractivity (Wildman–Crippen MR) is 71.9 cm³/mol. The van der Waals surface area contributed by atoms with Gasteiger partial charge in [-0.1, -0.05) is 0 Å². The Labute approximate surface area is 104 Å². The van der Waals surface area contributed by atoms with E-state index in [2.05, 4.69) is 4.98 Å².